The third kappa shape index (κ3) is 3.67. The molecule has 4 heteroatoms. The molecule has 1 saturated heterocycles. The lowest BCUT2D eigenvalue weighted by molar-refractivity contribution is -0.0598. The van der Waals surface area contributed by atoms with Crippen molar-refractivity contribution in [3.05, 3.63) is 0 Å². The summed E-state index contributed by atoms with van der Waals surface area (Å²) in [5.74, 6) is 0.589. The van der Waals surface area contributed by atoms with Crippen molar-refractivity contribution in [2.45, 2.75) is 45.3 Å². The average Bonchev–Trinajstić information content (AvgIpc) is 2.34. The first kappa shape index (κ1) is 14.3. The first-order valence-corrected chi connectivity index (χ1v) is 7.20. The number of ether oxygens (including phenoxy) is 1. The van der Waals surface area contributed by atoms with Crippen LogP contribution in [0.4, 0.5) is 0 Å². The van der Waals surface area contributed by atoms with Gasteiger partial charge in [0, 0.05) is 25.7 Å². The van der Waals surface area contributed by atoms with Crippen LogP contribution in [0.25, 0.3) is 0 Å². The Morgan fingerprint density at radius 2 is 2.22 bits per heavy atom. The minimum atomic E-state index is -0.00780. The Labute approximate surface area is 110 Å². The van der Waals surface area contributed by atoms with E-state index in [1.54, 1.807) is 0 Å². The summed E-state index contributed by atoms with van der Waals surface area (Å²) in [4.78, 5) is 2.41. The number of aliphatic hydroxyl groups excluding tert-OH is 1. The number of rotatable bonds is 3. The van der Waals surface area contributed by atoms with Crippen LogP contribution in [0.5, 0.6) is 0 Å². The van der Waals surface area contributed by atoms with Crippen LogP contribution in [-0.4, -0.2) is 55.0 Å². The Morgan fingerprint density at radius 1 is 1.44 bits per heavy atom. The molecule has 0 aromatic rings. The van der Waals surface area contributed by atoms with Gasteiger partial charge in [-0.15, -0.1) is 0 Å². The fraction of sp³-hybridized carbons (Fsp3) is 1.00. The minimum Gasteiger partial charge on any atom is -0.394 e. The number of nitrogens with zero attached hydrogens (tertiary/aromatic N) is 1. The van der Waals surface area contributed by atoms with Crippen LogP contribution in [0, 0.1) is 11.3 Å². The van der Waals surface area contributed by atoms with Crippen molar-refractivity contribution >= 4 is 0 Å². The molecule has 1 aliphatic heterocycles. The van der Waals surface area contributed by atoms with Gasteiger partial charge in [0.05, 0.1) is 19.3 Å². The van der Waals surface area contributed by atoms with Gasteiger partial charge in [-0.25, -0.2) is 0 Å². The Kier molecular flexibility index (Phi) is 4.64. The van der Waals surface area contributed by atoms with Gasteiger partial charge in [-0.3, -0.25) is 4.90 Å². The third-order valence-electron chi connectivity index (χ3n) is 4.49. The average molecular weight is 256 g/mol. The zero-order valence-corrected chi connectivity index (χ0v) is 11.8. The van der Waals surface area contributed by atoms with E-state index in [4.69, 9.17) is 10.5 Å². The maximum atomic E-state index is 9.17. The summed E-state index contributed by atoms with van der Waals surface area (Å²) in [5, 5.41) is 9.17. The second-order valence-corrected chi connectivity index (χ2v) is 6.77. The van der Waals surface area contributed by atoms with Crippen molar-refractivity contribution < 1.29 is 9.84 Å². The van der Waals surface area contributed by atoms with Gasteiger partial charge in [-0.2, -0.15) is 0 Å². The van der Waals surface area contributed by atoms with Crippen LogP contribution in [-0.2, 0) is 4.74 Å². The SMILES string of the molecule is CC1(C)CCC(N)C(CN2CCOC(CO)C2)C1. The van der Waals surface area contributed by atoms with Gasteiger partial charge in [0.15, 0.2) is 0 Å². The van der Waals surface area contributed by atoms with Crippen molar-refractivity contribution in [3.63, 3.8) is 0 Å². The molecule has 2 fully saturated rings. The molecular weight excluding hydrogens is 228 g/mol. The van der Waals surface area contributed by atoms with Crippen LogP contribution in [0.15, 0.2) is 0 Å². The van der Waals surface area contributed by atoms with E-state index in [1.807, 2.05) is 0 Å². The Morgan fingerprint density at radius 3 is 2.94 bits per heavy atom. The molecule has 1 saturated carbocycles. The zero-order valence-electron chi connectivity index (χ0n) is 11.8. The molecule has 0 aromatic carbocycles. The van der Waals surface area contributed by atoms with E-state index in [0.717, 1.165) is 32.7 Å². The van der Waals surface area contributed by atoms with Gasteiger partial charge in [0.25, 0.3) is 0 Å². The van der Waals surface area contributed by atoms with Crippen LogP contribution in [0.2, 0.25) is 0 Å². The summed E-state index contributed by atoms with van der Waals surface area (Å²) in [5.41, 5.74) is 6.71. The van der Waals surface area contributed by atoms with Crippen molar-refractivity contribution in [1.82, 2.24) is 4.90 Å². The molecule has 18 heavy (non-hydrogen) atoms. The predicted molar refractivity (Wildman–Crippen MR) is 72.4 cm³/mol. The highest BCUT2D eigenvalue weighted by Crippen LogP contribution is 2.38. The molecule has 0 aromatic heterocycles. The number of hydrogen-bond donors (Lipinski definition) is 2. The monoisotopic (exact) mass is 256 g/mol. The third-order valence-corrected chi connectivity index (χ3v) is 4.49. The first-order chi connectivity index (χ1) is 8.50. The molecule has 0 spiro atoms. The quantitative estimate of drug-likeness (QED) is 0.785. The molecule has 3 N–H and O–H groups in total. The molecule has 1 heterocycles. The van der Waals surface area contributed by atoms with Crippen LogP contribution in [0.1, 0.15) is 33.1 Å². The highest BCUT2D eigenvalue weighted by molar-refractivity contribution is 4.89. The lowest BCUT2D eigenvalue weighted by Crippen LogP contribution is -2.50. The molecule has 1 aliphatic carbocycles. The molecule has 2 rings (SSSR count). The van der Waals surface area contributed by atoms with E-state index in [1.165, 1.54) is 12.8 Å². The molecule has 4 nitrogen and oxygen atoms in total. The summed E-state index contributed by atoms with van der Waals surface area (Å²) < 4.78 is 5.49. The summed E-state index contributed by atoms with van der Waals surface area (Å²) >= 11 is 0. The molecule has 0 bridgehead atoms. The van der Waals surface area contributed by atoms with Gasteiger partial charge in [0.2, 0.25) is 0 Å². The largest absolute Gasteiger partial charge is 0.394 e. The van der Waals surface area contributed by atoms with Gasteiger partial charge in [0.1, 0.15) is 0 Å². The molecule has 0 amide bonds. The Balaban J connectivity index is 1.87. The maximum absolute atomic E-state index is 9.17. The molecule has 106 valence electrons. The first-order valence-electron chi connectivity index (χ1n) is 7.20. The fourth-order valence-corrected chi connectivity index (χ4v) is 3.34. The van der Waals surface area contributed by atoms with E-state index < -0.39 is 0 Å². The van der Waals surface area contributed by atoms with Crippen LogP contribution in [0.3, 0.4) is 0 Å². The number of hydrogen-bond acceptors (Lipinski definition) is 4. The number of aliphatic hydroxyl groups is 1. The molecule has 2 aliphatic rings. The maximum Gasteiger partial charge on any atom is 0.0932 e. The lowest BCUT2D eigenvalue weighted by Gasteiger charge is -2.42. The van der Waals surface area contributed by atoms with Crippen molar-refractivity contribution in [1.29, 1.82) is 0 Å². The van der Waals surface area contributed by atoms with E-state index >= 15 is 0 Å². The Hall–Kier alpha value is -0.160. The van der Waals surface area contributed by atoms with E-state index in [-0.39, 0.29) is 12.7 Å². The zero-order chi connectivity index (χ0) is 13.2. The number of morpholine rings is 1. The minimum absolute atomic E-state index is 0.00780. The second-order valence-electron chi connectivity index (χ2n) is 6.77. The lowest BCUT2D eigenvalue weighted by atomic mass is 9.70. The van der Waals surface area contributed by atoms with E-state index in [2.05, 4.69) is 18.7 Å². The van der Waals surface area contributed by atoms with Crippen molar-refractivity contribution in [3.8, 4) is 0 Å². The van der Waals surface area contributed by atoms with Gasteiger partial charge >= 0.3 is 0 Å². The van der Waals surface area contributed by atoms with Gasteiger partial charge in [-0.05, 0) is 30.6 Å². The van der Waals surface area contributed by atoms with E-state index in [9.17, 15) is 5.11 Å². The van der Waals surface area contributed by atoms with Crippen molar-refractivity contribution in [2.24, 2.45) is 17.1 Å². The normalized spacial score (nSPS) is 37.7. The summed E-state index contributed by atoms with van der Waals surface area (Å²) in [7, 11) is 0. The smallest absolute Gasteiger partial charge is 0.0932 e. The van der Waals surface area contributed by atoms with Crippen LogP contribution < -0.4 is 5.73 Å². The fourth-order valence-electron chi connectivity index (χ4n) is 3.34. The summed E-state index contributed by atoms with van der Waals surface area (Å²) in [6.07, 6.45) is 3.60. The van der Waals surface area contributed by atoms with Crippen molar-refractivity contribution in [2.75, 3.05) is 32.8 Å². The molecule has 3 atom stereocenters. The van der Waals surface area contributed by atoms with Crippen LogP contribution >= 0.6 is 0 Å². The molecule has 3 unspecified atom stereocenters. The van der Waals surface area contributed by atoms with Gasteiger partial charge in [-0.1, -0.05) is 13.8 Å². The highest BCUT2D eigenvalue weighted by atomic mass is 16.5. The number of nitrogens with two attached hydrogens (primary N) is 1. The topological polar surface area (TPSA) is 58.7 Å². The predicted octanol–water partition coefficient (Wildman–Crippen LogP) is 0.833. The summed E-state index contributed by atoms with van der Waals surface area (Å²) in [6.45, 7) is 8.43. The molecule has 0 radical (unpaired) electrons. The molecular formula is C14H28N2O2. The van der Waals surface area contributed by atoms with E-state index in [0.29, 0.717) is 17.4 Å². The second kappa shape index (κ2) is 5.87. The highest BCUT2D eigenvalue weighted by Gasteiger charge is 2.34. The van der Waals surface area contributed by atoms with Gasteiger partial charge < -0.3 is 15.6 Å². The summed E-state index contributed by atoms with van der Waals surface area (Å²) in [6, 6.07) is 0.341. The standard InChI is InChI=1S/C14H28N2O2/c1-14(2)4-3-13(15)11(7-14)8-16-5-6-18-12(9-16)10-17/h11-13,17H,3-10,15H2,1-2H3. The Bertz CT molecular complexity index is 271.